The first-order valence-corrected chi connectivity index (χ1v) is 14.6. The van der Waals surface area contributed by atoms with Crippen molar-refractivity contribution in [1.82, 2.24) is 16.0 Å². The second kappa shape index (κ2) is 21.4. The van der Waals surface area contributed by atoms with E-state index in [1.54, 1.807) is 0 Å². The van der Waals surface area contributed by atoms with Gasteiger partial charge in [-0.1, -0.05) is 57.8 Å². The van der Waals surface area contributed by atoms with Crippen molar-refractivity contribution >= 4 is 17.7 Å². The van der Waals surface area contributed by atoms with Gasteiger partial charge in [0.1, 0.15) is 12.1 Å². The molecule has 9 nitrogen and oxygen atoms in total. The number of aliphatic hydroxyl groups excluding tert-OH is 1. The van der Waals surface area contributed by atoms with Crippen LogP contribution in [0.25, 0.3) is 0 Å². The molecular weight excluding hydrogens is 458 g/mol. The number of quaternary nitrogens is 2. The summed E-state index contributed by atoms with van der Waals surface area (Å²) in [6.07, 6.45) is 17.4. The van der Waals surface area contributed by atoms with Crippen LogP contribution in [0.5, 0.6) is 0 Å². The van der Waals surface area contributed by atoms with Crippen LogP contribution in [0.15, 0.2) is 0 Å². The Hall–Kier alpha value is -1.71. The normalized spacial score (nSPS) is 15.8. The molecule has 1 rings (SSSR count). The van der Waals surface area contributed by atoms with E-state index in [0.29, 0.717) is 25.3 Å². The highest BCUT2D eigenvalue weighted by atomic mass is 16.3. The Balaban J connectivity index is 2.42. The lowest BCUT2D eigenvalue weighted by Crippen LogP contribution is -2.55. The smallest absolute Gasteiger partial charge is 0.245 e. The molecule has 10 N–H and O–H groups in total. The van der Waals surface area contributed by atoms with Gasteiger partial charge in [0.25, 0.3) is 0 Å². The molecule has 2 atom stereocenters. The molecule has 3 amide bonds. The predicted molar refractivity (Wildman–Crippen MR) is 141 cm³/mol. The van der Waals surface area contributed by atoms with E-state index >= 15 is 0 Å². The number of carbonyl (C=O) groups excluding carboxylic acids is 3. The fraction of sp³-hybridized carbons (Fsp3) is 0.889. The van der Waals surface area contributed by atoms with Crippen molar-refractivity contribution in [3.63, 3.8) is 0 Å². The van der Waals surface area contributed by atoms with Crippen LogP contribution >= 0.6 is 0 Å². The molecule has 0 aromatic rings. The second-order valence-corrected chi connectivity index (χ2v) is 10.4. The summed E-state index contributed by atoms with van der Waals surface area (Å²) >= 11 is 0. The van der Waals surface area contributed by atoms with Gasteiger partial charge >= 0.3 is 0 Å². The highest BCUT2D eigenvalue weighted by molar-refractivity contribution is 5.92. The zero-order valence-corrected chi connectivity index (χ0v) is 22.7. The van der Waals surface area contributed by atoms with Crippen LogP contribution in [0, 0.1) is 5.92 Å². The van der Waals surface area contributed by atoms with Gasteiger partial charge in [-0.05, 0) is 50.9 Å². The summed E-state index contributed by atoms with van der Waals surface area (Å²) in [4.78, 5) is 38.0. The van der Waals surface area contributed by atoms with Crippen molar-refractivity contribution in [3.8, 4) is 0 Å². The van der Waals surface area contributed by atoms with Gasteiger partial charge in [-0.25, -0.2) is 0 Å². The minimum absolute atomic E-state index is 0.193. The van der Waals surface area contributed by atoms with Gasteiger partial charge in [-0.2, -0.15) is 0 Å². The number of amides is 3. The van der Waals surface area contributed by atoms with E-state index in [2.05, 4.69) is 27.4 Å². The number of nitrogens with one attached hydrogen (secondary N) is 3. The third kappa shape index (κ3) is 15.4. The van der Waals surface area contributed by atoms with Crippen LogP contribution < -0.4 is 27.4 Å². The van der Waals surface area contributed by atoms with E-state index in [0.717, 1.165) is 51.6 Å². The van der Waals surface area contributed by atoms with E-state index in [1.807, 2.05) is 0 Å². The molecule has 210 valence electrons. The van der Waals surface area contributed by atoms with E-state index < -0.39 is 24.6 Å². The van der Waals surface area contributed by atoms with Crippen molar-refractivity contribution in [3.05, 3.63) is 0 Å². The fourth-order valence-electron chi connectivity index (χ4n) is 4.87. The Labute approximate surface area is 218 Å². The highest BCUT2D eigenvalue weighted by Crippen LogP contribution is 2.25. The second-order valence-electron chi connectivity index (χ2n) is 10.4. The molecule has 0 spiro atoms. The molecule has 0 radical (unpaired) electrons. The number of unbranched alkanes of at least 4 members (excludes halogenated alkanes) is 7. The van der Waals surface area contributed by atoms with E-state index in [-0.39, 0.29) is 11.8 Å². The monoisotopic (exact) mass is 513 g/mol. The first kappa shape index (κ1) is 32.3. The van der Waals surface area contributed by atoms with Gasteiger partial charge in [0.2, 0.25) is 17.7 Å². The third-order valence-corrected chi connectivity index (χ3v) is 7.19. The Morgan fingerprint density at radius 1 is 0.750 bits per heavy atom. The molecular formula is C27H55N5O4+2. The minimum atomic E-state index is -1.05. The summed E-state index contributed by atoms with van der Waals surface area (Å²) in [5.41, 5.74) is 7.70. The molecule has 0 unspecified atom stereocenters. The molecule has 0 aromatic heterocycles. The highest BCUT2D eigenvalue weighted by Gasteiger charge is 2.26. The SMILES string of the molecule is [NH3+]CCCCCCCCCC(=O)N[C@@H](CO)C(=O)N[C@@H](CCCC[NH3+])C(=O)NCCC1CCCCC1. The first-order valence-electron chi connectivity index (χ1n) is 14.6. The quantitative estimate of drug-likeness (QED) is 0.125. The summed E-state index contributed by atoms with van der Waals surface area (Å²) in [6, 6.07) is -1.73. The minimum Gasteiger partial charge on any atom is -0.394 e. The number of hydrogen-bond acceptors (Lipinski definition) is 4. The first-order chi connectivity index (χ1) is 17.5. The molecule has 1 fully saturated rings. The molecule has 1 saturated carbocycles. The van der Waals surface area contributed by atoms with Gasteiger partial charge < -0.3 is 32.5 Å². The number of rotatable bonds is 21. The van der Waals surface area contributed by atoms with Crippen LogP contribution in [0.4, 0.5) is 0 Å². The lowest BCUT2D eigenvalue weighted by Gasteiger charge is -2.24. The van der Waals surface area contributed by atoms with E-state index in [9.17, 15) is 19.5 Å². The van der Waals surface area contributed by atoms with Gasteiger partial charge in [0.05, 0.1) is 19.7 Å². The van der Waals surface area contributed by atoms with Gasteiger partial charge in [-0.3, -0.25) is 14.4 Å². The van der Waals surface area contributed by atoms with Crippen LogP contribution in [0.2, 0.25) is 0 Å². The summed E-state index contributed by atoms with van der Waals surface area (Å²) in [7, 11) is 0. The van der Waals surface area contributed by atoms with E-state index in [1.165, 1.54) is 57.8 Å². The molecule has 1 aliphatic carbocycles. The zero-order chi connectivity index (χ0) is 26.4. The maximum absolute atomic E-state index is 12.8. The molecule has 36 heavy (non-hydrogen) atoms. The van der Waals surface area contributed by atoms with Crippen LogP contribution in [0.1, 0.15) is 109 Å². The Morgan fingerprint density at radius 2 is 1.36 bits per heavy atom. The number of carbonyl (C=O) groups is 3. The van der Waals surface area contributed by atoms with Crippen molar-refractivity contribution < 1.29 is 31.0 Å². The van der Waals surface area contributed by atoms with Gasteiger partial charge in [-0.15, -0.1) is 0 Å². The summed E-state index contributed by atoms with van der Waals surface area (Å²) in [5, 5.41) is 18.1. The van der Waals surface area contributed by atoms with Crippen molar-refractivity contribution in [2.75, 3.05) is 26.2 Å². The number of aliphatic hydroxyl groups is 1. The maximum Gasteiger partial charge on any atom is 0.245 e. The summed E-state index contributed by atoms with van der Waals surface area (Å²) in [6.45, 7) is 1.87. The maximum atomic E-state index is 12.8. The lowest BCUT2D eigenvalue weighted by molar-refractivity contribution is -0.368. The Kier molecular flexibility index (Phi) is 19.2. The Morgan fingerprint density at radius 3 is 2.00 bits per heavy atom. The largest absolute Gasteiger partial charge is 0.394 e. The van der Waals surface area contributed by atoms with Gasteiger partial charge in [0, 0.05) is 13.0 Å². The van der Waals surface area contributed by atoms with E-state index in [4.69, 9.17) is 0 Å². The van der Waals surface area contributed by atoms with Crippen LogP contribution in [-0.4, -0.2) is 61.2 Å². The standard InChI is InChI=1S/C27H53N5O4/c28-18-11-5-3-1-2-4-9-16-25(34)31-24(21-33)27(36)32-23(15-10-12-19-29)26(35)30-20-17-22-13-7-6-8-14-22/h22-24,33H,1-21,28-29H2,(H,30,35)(H,31,34)(H,32,36)/p+2/t23-,24-/m0/s1. The van der Waals surface area contributed by atoms with Crippen molar-refractivity contribution in [1.29, 1.82) is 0 Å². The van der Waals surface area contributed by atoms with Crippen molar-refractivity contribution in [2.24, 2.45) is 5.92 Å². The zero-order valence-electron chi connectivity index (χ0n) is 22.7. The van der Waals surface area contributed by atoms with Gasteiger partial charge in [0.15, 0.2) is 0 Å². The summed E-state index contributed by atoms with van der Waals surface area (Å²) < 4.78 is 0. The molecule has 0 bridgehead atoms. The average Bonchev–Trinajstić information content (AvgIpc) is 2.88. The summed E-state index contributed by atoms with van der Waals surface area (Å²) in [5.74, 6) is -0.280. The molecule has 0 saturated heterocycles. The lowest BCUT2D eigenvalue weighted by atomic mass is 9.87. The fourth-order valence-corrected chi connectivity index (χ4v) is 4.87. The van der Waals surface area contributed by atoms with Crippen molar-refractivity contribution in [2.45, 2.75) is 121 Å². The molecule has 1 aliphatic rings. The molecule has 0 aromatic carbocycles. The Bertz CT molecular complexity index is 599. The third-order valence-electron chi connectivity index (χ3n) is 7.19. The molecule has 0 aliphatic heterocycles. The molecule has 0 heterocycles. The van der Waals surface area contributed by atoms with Crippen LogP contribution in [0.3, 0.4) is 0 Å². The average molecular weight is 514 g/mol. The number of hydrogen-bond donors (Lipinski definition) is 6. The van der Waals surface area contributed by atoms with Crippen LogP contribution in [-0.2, 0) is 14.4 Å². The predicted octanol–water partition coefficient (Wildman–Crippen LogP) is 0.810. The molecule has 9 heteroatoms. The topological polar surface area (TPSA) is 163 Å².